The van der Waals surface area contributed by atoms with Gasteiger partial charge in [0.2, 0.25) is 0 Å². The minimum absolute atomic E-state index is 0.530. The fourth-order valence-corrected chi connectivity index (χ4v) is 3.24. The number of rotatable bonds is 6. The largest absolute Gasteiger partial charge is 0.497 e. The average molecular weight is 372 g/mol. The fraction of sp³-hybridized carbons (Fsp3) is 0.300. The van der Waals surface area contributed by atoms with Crippen LogP contribution < -0.4 is 10.1 Å². The minimum atomic E-state index is -0.574. The Balaban J connectivity index is 2.11. The zero-order valence-corrected chi connectivity index (χ0v) is 16.3. The van der Waals surface area contributed by atoms with Crippen LogP contribution in [-0.2, 0) is 10.5 Å². The van der Waals surface area contributed by atoms with Gasteiger partial charge in [0.25, 0.3) is 0 Å². The van der Waals surface area contributed by atoms with E-state index in [1.54, 1.807) is 24.9 Å². The molecule has 0 unspecified atom stereocenters. The second-order valence-corrected chi connectivity index (χ2v) is 7.64. The molecule has 0 fully saturated rings. The number of nitrogens with one attached hydrogen (secondary N) is 2. The van der Waals surface area contributed by atoms with Crippen LogP contribution in [0.25, 0.3) is 0 Å². The molecule has 0 saturated heterocycles. The molecule has 26 heavy (non-hydrogen) atoms. The summed E-state index contributed by atoms with van der Waals surface area (Å²) in [5.74, 6) is 1.57. The summed E-state index contributed by atoms with van der Waals surface area (Å²) in [4.78, 5) is 12.9. The van der Waals surface area contributed by atoms with Crippen LogP contribution in [0.1, 0.15) is 31.9 Å². The SMILES string of the molecule is COc1ccc(CSc2cccc(NC(=O)OC(C)(C)C)c2C=N)cc1. The van der Waals surface area contributed by atoms with Gasteiger partial charge in [-0.1, -0.05) is 18.2 Å². The molecule has 1 amide bonds. The molecule has 0 spiro atoms. The summed E-state index contributed by atoms with van der Waals surface area (Å²) in [7, 11) is 1.64. The standard InChI is InChI=1S/C20H24N2O3S/c1-20(2,3)25-19(23)22-17-6-5-7-18(16(17)12-21)26-13-14-8-10-15(24-4)11-9-14/h5-12,21H,13H2,1-4H3,(H,22,23). The van der Waals surface area contributed by atoms with Gasteiger partial charge in [0.1, 0.15) is 11.4 Å². The predicted molar refractivity (Wildman–Crippen MR) is 107 cm³/mol. The van der Waals surface area contributed by atoms with Crippen molar-refractivity contribution in [1.29, 1.82) is 5.41 Å². The summed E-state index contributed by atoms with van der Waals surface area (Å²) >= 11 is 1.61. The first kappa shape index (κ1) is 19.8. The van der Waals surface area contributed by atoms with Crippen LogP contribution >= 0.6 is 11.8 Å². The number of carbonyl (C=O) groups excluding carboxylic acids is 1. The lowest BCUT2D eigenvalue weighted by Crippen LogP contribution is -2.27. The third kappa shape index (κ3) is 5.81. The second-order valence-electron chi connectivity index (χ2n) is 6.63. The molecule has 0 saturated carbocycles. The fourth-order valence-electron chi connectivity index (χ4n) is 2.22. The smallest absolute Gasteiger partial charge is 0.412 e. The molecular weight excluding hydrogens is 348 g/mol. The van der Waals surface area contributed by atoms with Gasteiger partial charge in [-0.25, -0.2) is 4.79 Å². The molecule has 2 N–H and O–H groups in total. The number of thioether (sulfide) groups is 1. The van der Waals surface area contributed by atoms with Crippen molar-refractivity contribution in [2.45, 2.75) is 37.0 Å². The van der Waals surface area contributed by atoms with Crippen LogP contribution in [0, 0.1) is 5.41 Å². The molecule has 2 aromatic rings. The number of ether oxygens (including phenoxy) is 2. The second kappa shape index (κ2) is 8.76. The molecule has 0 aliphatic carbocycles. The maximum absolute atomic E-state index is 12.0. The van der Waals surface area contributed by atoms with Crippen molar-refractivity contribution >= 4 is 29.8 Å². The molecule has 2 aromatic carbocycles. The first-order chi connectivity index (χ1) is 12.3. The highest BCUT2D eigenvalue weighted by molar-refractivity contribution is 7.98. The van der Waals surface area contributed by atoms with Gasteiger partial charge >= 0.3 is 6.09 Å². The van der Waals surface area contributed by atoms with Crippen LogP contribution in [0.5, 0.6) is 5.75 Å². The van der Waals surface area contributed by atoms with Crippen LogP contribution in [-0.4, -0.2) is 25.0 Å². The van der Waals surface area contributed by atoms with E-state index in [0.717, 1.165) is 22.0 Å². The van der Waals surface area contributed by atoms with Gasteiger partial charge in [-0.3, -0.25) is 5.32 Å². The summed E-state index contributed by atoms with van der Waals surface area (Å²) in [6.07, 6.45) is 0.723. The summed E-state index contributed by atoms with van der Waals surface area (Å²) in [6, 6.07) is 13.4. The van der Waals surface area contributed by atoms with E-state index >= 15 is 0 Å². The third-order valence-electron chi connectivity index (χ3n) is 3.40. The first-order valence-electron chi connectivity index (χ1n) is 8.21. The van der Waals surface area contributed by atoms with E-state index in [2.05, 4.69) is 5.32 Å². The van der Waals surface area contributed by atoms with Gasteiger partial charge in [-0.2, -0.15) is 0 Å². The Kier molecular flexibility index (Phi) is 6.69. The Morgan fingerprint density at radius 2 is 1.88 bits per heavy atom. The van der Waals surface area contributed by atoms with E-state index in [-0.39, 0.29) is 0 Å². The Morgan fingerprint density at radius 3 is 2.46 bits per heavy atom. The molecule has 0 radical (unpaired) electrons. The van der Waals surface area contributed by atoms with Gasteiger partial charge in [0.15, 0.2) is 0 Å². The Labute approximate surface area is 158 Å². The monoisotopic (exact) mass is 372 g/mol. The van der Waals surface area contributed by atoms with E-state index in [4.69, 9.17) is 14.9 Å². The van der Waals surface area contributed by atoms with Crippen molar-refractivity contribution in [3.05, 3.63) is 53.6 Å². The molecule has 6 heteroatoms. The molecule has 0 bridgehead atoms. The summed E-state index contributed by atoms with van der Waals surface area (Å²) < 4.78 is 10.5. The molecule has 138 valence electrons. The maximum atomic E-state index is 12.0. The van der Waals surface area contributed by atoms with Gasteiger partial charge in [0.05, 0.1) is 12.8 Å². The van der Waals surface area contributed by atoms with Crippen molar-refractivity contribution < 1.29 is 14.3 Å². The number of hydrogen-bond donors (Lipinski definition) is 2. The molecular formula is C20H24N2O3S. The van der Waals surface area contributed by atoms with Crippen molar-refractivity contribution in [2.24, 2.45) is 0 Å². The number of anilines is 1. The lowest BCUT2D eigenvalue weighted by molar-refractivity contribution is 0.0636. The molecule has 0 aliphatic heterocycles. The topological polar surface area (TPSA) is 71.4 Å². The van der Waals surface area contributed by atoms with Gasteiger partial charge < -0.3 is 14.9 Å². The van der Waals surface area contributed by atoms with Crippen molar-refractivity contribution in [2.75, 3.05) is 12.4 Å². The molecule has 0 atom stereocenters. The Hall–Kier alpha value is -2.47. The zero-order chi connectivity index (χ0) is 19.2. The Morgan fingerprint density at radius 1 is 1.19 bits per heavy atom. The number of hydrogen-bond acceptors (Lipinski definition) is 5. The minimum Gasteiger partial charge on any atom is -0.497 e. The molecule has 0 aliphatic rings. The highest BCUT2D eigenvalue weighted by Crippen LogP contribution is 2.30. The van der Waals surface area contributed by atoms with Gasteiger partial charge in [0, 0.05) is 22.4 Å². The number of carbonyl (C=O) groups is 1. The lowest BCUT2D eigenvalue weighted by Gasteiger charge is -2.20. The van der Waals surface area contributed by atoms with Crippen LogP contribution in [0.4, 0.5) is 10.5 Å². The highest BCUT2D eigenvalue weighted by atomic mass is 32.2. The summed E-state index contributed by atoms with van der Waals surface area (Å²) in [5, 5.41) is 10.5. The normalized spacial score (nSPS) is 10.9. The molecule has 5 nitrogen and oxygen atoms in total. The van der Waals surface area contributed by atoms with Crippen LogP contribution in [0.2, 0.25) is 0 Å². The number of benzene rings is 2. The van der Waals surface area contributed by atoms with Gasteiger partial charge in [-0.05, 0) is 50.6 Å². The van der Waals surface area contributed by atoms with Crippen LogP contribution in [0.15, 0.2) is 47.4 Å². The average Bonchev–Trinajstić information content (AvgIpc) is 2.58. The molecule has 0 heterocycles. The van der Waals surface area contributed by atoms with E-state index in [1.165, 1.54) is 6.21 Å². The quantitative estimate of drug-likeness (QED) is 0.531. The van der Waals surface area contributed by atoms with Crippen molar-refractivity contribution in [3.8, 4) is 5.75 Å². The van der Waals surface area contributed by atoms with E-state index in [0.29, 0.717) is 11.3 Å². The van der Waals surface area contributed by atoms with Gasteiger partial charge in [-0.15, -0.1) is 11.8 Å². The lowest BCUT2D eigenvalue weighted by atomic mass is 10.2. The van der Waals surface area contributed by atoms with Crippen molar-refractivity contribution in [3.63, 3.8) is 0 Å². The number of amides is 1. The van der Waals surface area contributed by atoms with E-state index in [9.17, 15) is 4.79 Å². The number of methoxy groups -OCH3 is 1. The third-order valence-corrected chi connectivity index (χ3v) is 4.54. The summed E-state index contributed by atoms with van der Waals surface area (Å²) in [5.41, 5.74) is 1.80. The highest BCUT2D eigenvalue weighted by Gasteiger charge is 2.17. The van der Waals surface area contributed by atoms with E-state index < -0.39 is 11.7 Å². The molecule has 2 rings (SSSR count). The predicted octanol–water partition coefficient (Wildman–Crippen LogP) is 5.33. The molecule has 0 aromatic heterocycles. The first-order valence-corrected chi connectivity index (χ1v) is 9.20. The Bertz CT molecular complexity index is 768. The zero-order valence-electron chi connectivity index (χ0n) is 15.5. The summed E-state index contributed by atoms with van der Waals surface area (Å²) in [6.45, 7) is 5.43. The maximum Gasteiger partial charge on any atom is 0.412 e. The van der Waals surface area contributed by atoms with Crippen molar-refractivity contribution in [1.82, 2.24) is 0 Å². The van der Waals surface area contributed by atoms with Crippen LogP contribution in [0.3, 0.4) is 0 Å². The van der Waals surface area contributed by atoms with E-state index in [1.807, 2.05) is 57.2 Å².